The van der Waals surface area contributed by atoms with Crippen LogP contribution in [-0.2, 0) is 4.79 Å². The van der Waals surface area contributed by atoms with Crippen LogP contribution in [0.15, 0.2) is 0 Å². The van der Waals surface area contributed by atoms with Gasteiger partial charge in [-0.15, -0.1) is 0 Å². The van der Waals surface area contributed by atoms with Crippen molar-refractivity contribution >= 4 is 5.91 Å². The van der Waals surface area contributed by atoms with E-state index in [2.05, 4.69) is 6.92 Å². The Labute approximate surface area is 78.7 Å². The summed E-state index contributed by atoms with van der Waals surface area (Å²) in [5.74, 6) is 1.08. The van der Waals surface area contributed by atoms with Crippen molar-refractivity contribution in [2.24, 2.45) is 11.8 Å². The summed E-state index contributed by atoms with van der Waals surface area (Å²) in [6, 6.07) is 0.232. The lowest BCUT2D eigenvalue weighted by Crippen LogP contribution is -2.35. The van der Waals surface area contributed by atoms with Gasteiger partial charge in [-0.3, -0.25) is 4.79 Å². The molecule has 2 rings (SSSR count). The molecule has 1 amide bonds. The van der Waals surface area contributed by atoms with Crippen molar-refractivity contribution in [3.8, 4) is 0 Å². The summed E-state index contributed by atoms with van der Waals surface area (Å²) in [7, 11) is 0. The fraction of sp³-hybridized carbons (Fsp3) is 0.900. The molecule has 3 heteroatoms. The van der Waals surface area contributed by atoms with Gasteiger partial charge in [0.05, 0.1) is 6.10 Å². The van der Waals surface area contributed by atoms with Gasteiger partial charge < -0.3 is 10.0 Å². The first kappa shape index (κ1) is 9.00. The Hall–Kier alpha value is -0.570. The number of nitrogens with zero attached hydrogens (tertiary/aromatic N) is 1. The number of aliphatic hydroxyl groups excluding tert-OH is 1. The molecule has 0 aromatic heterocycles. The zero-order valence-corrected chi connectivity index (χ0v) is 8.23. The van der Waals surface area contributed by atoms with Gasteiger partial charge in [-0.05, 0) is 25.7 Å². The van der Waals surface area contributed by atoms with E-state index in [9.17, 15) is 9.90 Å². The number of rotatable bonds is 1. The van der Waals surface area contributed by atoms with E-state index in [1.54, 1.807) is 0 Å². The summed E-state index contributed by atoms with van der Waals surface area (Å²) in [5.41, 5.74) is 0. The van der Waals surface area contributed by atoms with Crippen LogP contribution >= 0.6 is 0 Å². The molecule has 4 unspecified atom stereocenters. The van der Waals surface area contributed by atoms with Crippen LogP contribution in [0.3, 0.4) is 0 Å². The Morgan fingerprint density at radius 1 is 1.38 bits per heavy atom. The molecule has 0 aromatic carbocycles. The molecule has 74 valence electrons. The van der Waals surface area contributed by atoms with Gasteiger partial charge in [-0.2, -0.15) is 0 Å². The quantitative estimate of drug-likeness (QED) is 0.647. The highest BCUT2D eigenvalue weighted by molar-refractivity contribution is 5.82. The summed E-state index contributed by atoms with van der Waals surface area (Å²) in [4.78, 5) is 13.6. The lowest BCUT2D eigenvalue weighted by atomic mass is 10.2. The number of β-amino-alcohol motifs (C(OH)–C–C–N with tert-alkyl or cyclic N) is 1. The average Bonchev–Trinajstić information content (AvgIpc) is 2.67. The van der Waals surface area contributed by atoms with Gasteiger partial charge in [-0.25, -0.2) is 0 Å². The van der Waals surface area contributed by atoms with E-state index in [1.807, 2.05) is 11.8 Å². The zero-order valence-electron chi connectivity index (χ0n) is 8.23. The third kappa shape index (κ3) is 1.57. The molecule has 2 aliphatic rings. The predicted octanol–water partition coefficient (Wildman–Crippen LogP) is 0.624. The van der Waals surface area contributed by atoms with E-state index >= 15 is 0 Å². The average molecular weight is 183 g/mol. The minimum atomic E-state index is -0.298. The Balaban J connectivity index is 1.97. The van der Waals surface area contributed by atoms with Gasteiger partial charge in [0.2, 0.25) is 5.91 Å². The van der Waals surface area contributed by atoms with Crippen LogP contribution in [0, 0.1) is 11.8 Å². The van der Waals surface area contributed by atoms with E-state index in [4.69, 9.17) is 0 Å². The minimum Gasteiger partial charge on any atom is -0.391 e. The van der Waals surface area contributed by atoms with E-state index in [-0.39, 0.29) is 24.0 Å². The predicted molar refractivity (Wildman–Crippen MR) is 49.1 cm³/mol. The molecule has 0 radical (unpaired) electrons. The number of hydrogen-bond acceptors (Lipinski definition) is 2. The van der Waals surface area contributed by atoms with Crippen LogP contribution in [0.4, 0.5) is 0 Å². The standard InChI is InChI=1S/C10H17NO2/c1-6-3-9(6)10(13)11-5-8(12)4-7(11)2/h6-9,12H,3-5H2,1-2H3. The van der Waals surface area contributed by atoms with Crippen molar-refractivity contribution in [2.75, 3.05) is 6.54 Å². The summed E-state index contributed by atoms with van der Waals surface area (Å²) in [5, 5.41) is 9.39. The third-order valence-electron chi connectivity index (χ3n) is 3.26. The Kier molecular flexibility index (Phi) is 2.06. The molecule has 0 bridgehead atoms. The largest absolute Gasteiger partial charge is 0.391 e. The lowest BCUT2D eigenvalue weighted by Gasteiger charge is -2.21. The molecular weight excluding hydrogens is 166 g/mol. The second kappa shape index (κ2) is 2.98. The second-order valence-corrected chi connectivity index (χ2v) is 4.55. The topological polar surface area (TPSA) is 40.5 Å². The smallest absolute Gasteiger partial charge is 0.226 e. The van der Waals surface area contributed by atoms with Gasteiger partial charge in [0.1, 0.15) is 0 Å². The highest BCUT2D eigenvalue weighted by atomic mass is 16.3. The van der Waals surface area contributed by atoms with Crippen LogP contribution in [0.25, 0.3) is 0 Å². The van der Waals surface area contributed by atoms with Crippen molar-refractivity contribution in [3.05, 3.63) is 0 Å². The van der Waals surface area contributed by atoms with E-state index in [0.717, 1.165) is 12.8 Å². The molecule has 2 fully saturated rings. The molecule has 0 spiro atoms. The number of amides is 1. The van der Waals surface area contributed by atoms with Crippen LogP contribution < -0.4 is 0 Å². The van der Waals surface area contributed by atoms with E-state index < -0.39 is 0 Å². The summed E-state index contributed by atoms with van der Waals surface area (Å²) < 4.78 is 0. The van der Waals surface area contributed by atoms with Crippen LogP contribution in [0.5, 0.6) is 0 Å². The van der Waals surface area contributed by atoms with Crippen molar-refractivity contribution in [1.29, 1.82) is 0 Å². The molecule has 3 nitrogen and oxygen atoms in total. The maximum atomic E-state index is 11.8. The molecule has 13 heavy (non-hydrogen) atoms. The van der Waals surface area contributed by atoms with E-state index in [0.29, 0.717) is 12.5 Å². The van der Waals surface area contributed by atoms with Crippen LogP contribution in [-0.4, -0.2) is 34.6 Å². The number of likely N-dealkylation sites (tertiary alicyclic amines) is 1. The lowest BCUT2D eigenvalue weighted by molar-refractivity contribution is -0.133. The van der Waals surface area contributed by atoms with Crippen molar-refractivity contribution in [2.45, 2.75) is 38.8 Å². The molecule has 4 atom stereocenters. The number of hydrogen-bond donors (Lipinski definition) is 1. The van der Waals surface area contributed by atoms with Gasteiger partial charge in [0.15, 0.2) is 0 Å². The number of aliphatic hydroxyl groups is 1. The minimum absolute atomic E-state index is 0.232. The number of carbonyl (C=O) groups is 1. The molecule has 1 N–H and O–H groups in total. The summed E-state index contributed by atoms with van der Waals surface area (Å²) in [6.45, 7) is 4.67. The van der Waals surface area contributed by atoms with Crippen molar-refractivity contribution in [3.63, 3.8) is 0 Å². The molecule has 1 aliphatic heterocycles. The van der Waals surface area contributed by atoms with Gasteiger partial charge >= 0.3 is 0 Å². The summed E-state index contributed by atoms with van der Waals surface area (Å²) >= 11 is 0. The van der Waals surface area contributed by atoms with Gasteiger partial charge in [0.25, 0.3) is 0 Å². The fourth-order valence-corrected chi connectivity index (χ4v) is 2.19. The SMILES string of the molecule is CC1CC1C(=O)N1CC(O)CC1C. The molecule has 1 saturated heterocycles. The van der Waals surface area contributed by atoms with Crippen LogP contribution in [0.1, 0.15) is 26.7 Å². The van der Waals surface area contributed by atoms with Crippen molar-refractivity contribution < 1.29 is 9.90 Å². The first-order valence-corrected chi connectivity index (χ1v) is 5.08. The molecule has 1 aliphatic carbocycles. The Morgan fingerprint density at radius 2 is 2.00 bits per heavy atom. The molecule has 0 aromatic rings. The summed E-state index contributed by atoms with van der Waals surface area (Å²) in [6.07, 6.45) is 1.48. The fourth-order valence-electron chi connectivity index (χ4n) is 2.19. The van der Waals surface area contributed by atoms with Crippen molar-refractivity contribution in [1.82, 2.24) is 4.90 Å². The van der Waals surface area contributed by atoms with Gasteiger partial charge in [-0.1, -0.05) is 6.92 Å². The second-order valence-electron chi connectivity index (χ2n) is 4.55. The molecular formula is C10H17NO2. The first-order valence-electron chi connectivity index (χ1n) is 5.08. The monoisotopic (exact) mass is 183 g/mol. The molecule has 1 heterocycles. The third-order valence-corrected chi connectivity index (χ3v) is 3.26. The van der Waals surface area contributed by atoms with Crippen LogP contribution in [0.2, 0.25) is 0 Å². The normalized spacial score (nSPS) is 43.8. The van der Waals surface area contributed by atoms with Gasteiger partial charge in [0, 0.05) is 18.5 Å². The maximum Gasteiger partial charge on any atom is 0.226 e. The Morgan fingerprint density at radius 3 is 2.38 bits per heavy atom. The Bertz CT molecular complexity index is 229. The zero-order chi connectivity index (χ0) is 9.59. The first-order chi connectivity index (χ1) is 6.09. The molecule has 1 saturated carbocycles. The number of carbonyl (C=O) groups excluding carboxylic acids is 1. The van der Waals surface area contributed by atoms with E-state index in [1.165, 1.54) is 0 Å². The highest BCUT2D eigenvalue weighted by Gasteiger charge is 2.44. The highest BCUT2D eigenvalue weighted by Crippen LogP contribution is 2.40. The maximum absolute atomic E-state index is 11.8.